The second kappa shape index (κ2) is 6.93. The molecule has 1 amide bonds. The van der Waals surface area contributed by atoms with Crippen LogP contribution in [0.3, 0.4) is 0 Å². The first kappa shape index (κ1) is 16.3. The van der Waals surface area contributed by atoms with E-state index in [0.29, 0.717) is 17.7 Å². The molecule has 0 fully saturated rings. The number of thioether (sulfide) groups is 1. The molecule has 2 atom stereocenters. The number of rotatable bonds is 4. The Kier molecular flexibility index (Phi) is 4.92. The smallest absolute Gasteiger partial charge is 0.226 e. The lowest BCUT2D eigenvalue weighted by molar-refractivity contribution is -0.119. The summed E-state index contributed by atoms with van der Waals surface area (Å²) in [6.07, 6.45) is 0.361. The summed E-state index contributed by atoms with van der Waals surface area (Å²) in [7, 11) is 1.66. The van der Waals surface area contributed by atoms with Crippen molar-refractivity contribution in [2.45, 2.75) is 43.0 Å². The number of thiazole rings is 1. The van der Waals surface area contributed by atoms with Gasteiger partial charge in [-0.3, -0.25) is 4.79 Å². The SMILES string of the molecule is CNC(=O)Cc1nc(CN2c3ccccc3S[C@@H](C)[C@H]2C)cs1. The Morgan fingerprint density at radius 2 is 2.13 bits per heavy atom. The van der Waals surface area contributed by atoms with Crippen LogP contribution in [0.4, 0.5) is 5.69 Å². The summed E-state index contributed by atoms with van der Waals surface area (Å²) < 4.78 is 0. The van der Waals surface area contributed by atoms with Crippen molar-refractivity contribution in [2.24, 2.45) is 0 Å². The fourth-order valence-corrected chi connectivity index (χ4v) is 4.69. The van der Waals surface area contributed by atoms with Crippen molar-refractivity contribution < 1.29 is 4.79 Å². The van der Waals surface area contributed by atoms with Crippen molar-refractivity contribution in [1.82, 2.24) is 10.3 Å². The maximum atomic E-state index is 11.5. The zero-order valence-corrected chi connectivity index (χ0v) is 15.2. The largest absolute Gasteiger partial charge is 0.361 e. The fourth-order valence-electron chi connectivity index (χ4n) is 2.70. The number of para-hydroxylation sites is 1. The van der Waals surface area contributed by atoms with Crippen molar-refractivity contribution in [3.8, 4) is 0 Å². The first-order valence-electron chi connectivity index (χ1n) is 7.74. The van der Waals surface area contributed by atoms with Gasteiger partial charge in [0.05, 0.1) is 24.3 Å². The Hall–Kier alpha value is -1.53. The van der Waals surface area contributed by atoms with Gasteiger partial charge < -0.3 is 10.2 Å². The number of benzene rings is 1. The van der Waals surface area contributed by atoms with Crippen LogP contribution in [0, 0.1) is 0 Å². The molecular weight excluding hydrogens is 326 g/mol. The highest BCUT2D eigenvalue weighted by Gasteiger charge is 2.29. The van der Waals surface area contributed by atoms with Crippen LogP contribution in [-0.2, 0) is 17.8 Å². The summed E-state index contributed by atoms with van der Waals surface area (Å²) >= 11 is 3.50. The number of aromatic nitrogens is 1. The molecule has 1 aliphatic heterocycles. The first-order chi connectivity index (χ1) is 11.1. The van der Waals surface area contributed by atoms with E-state index < -0.39 is 0 Å². The van der Waals surface area contributed by atoms with Crippen LogP contribution >= 0.6 is 23.1 Å². The number of anilines is 1. The van der Waals surface area contributed by atoms with Crippen molar-refractivity contribution in [2.75, 3.05) is 11.9 Å². The molecule has 23 heavy (non-hydrogen) atoms. The molecule has 1 aromatic carbocycles. The minimum absolute atomic E-state index is 0.00704. The molecule has 2 heterocycles. The molecule has 122 valence electrons. The minimum atomic E-state index is 0.00704. The van der Waals surface area contributed by atoms with Crippen molar-refractivity contribution in [1.29, 1.82) is 0 Å². The number of carbonyl (C=O) groups is 1. The molecule has 6 heteroatoms. The summed E-state index contributed by atoms with van der Waals surface area (Å²) in [6.45, 7) is 5.33. The lowest BCUT2D eigenvalue weighted by Crippen LogP contribution is -2.41. The highest BCUT2D eigenvalue weighted by molar-refractivity contribution is 8.00. The average molecular weight is 348 g/mol. The summed E-state index contributed by atoms with van der Waals surface area (Å²) in [6, 6.07) is 9.00. The van der Waals surface area contributed by atoms with E-state index in [1.54, 1.807) is 18.4 Å². The molecule has 1 aromatic heterocycles. The molecule has 1 N–H and O–H groups in total. The maximum Gasteiger partial charge on any atom is 0.226 e. The topological polar surface area (TPSA) is 45.2 Å². The van der Waals surface area contributed by atoms with Crippen LogP contribution in [0.15, 0.2) is 34.5 Å². The van der Waals surface area contributed by atoms with E-state index in [1.807, 2.05) is 11.8 Å². The second-order valence-corrected chi connectivity index (χ2v) is 8.10. The normalized spacial score (nSPS) is 20.2. The summed E-state index contributed by atoms with van der Waals surface area (Å²) in [5.74, 6) is 0.00704. The molecule has 0 aliphatic carbocycles. The molecule has 0 spiro atoms. The van der Waals surface area contributed by atoms with Gasteiger partial charge in [0.25, 0.3) is 0 Å². The quantitative estimate of drug-likeness (QED) is 0.921. The molecule has 0 bridgehead atoms. The molecule has 0 saturated carbocycles. The summed E-state index contributed by atoms with van der Waals surface area (Å²) in [5.41, 5.74) is 2.32. The Balaban J connectivity index is 1.80. The van der Waals surface area contributed by atoms with Crippen LogP contribution in [-0.4, -0.2) is 29.2 Å². The first-order valence-corrected chi connectivity index (χ1v) is 9.50. The Morgan fingerprint density at radius 1 is 1.35 bits per heavy atom. The highest BCUT2D eigenvalue weighted by Crippen LogP contribution is 2.41. The van der Waals surface area contributed by atoms with Gasteiger partial charge in [0.15, 0.2) is 0 Å². The third-order valence-electron chi connectivity index (χ3n) is 4.18. The van der Waals surface area contributed by atoms with Crippen LogP contribution < -0.4 is 10.2 Å². The molecule has 4 nitrogen and oxygen atoms in total. The van der Waals surface area contributed by atoms with E-state index in [2.05, 4.69) is 58.7 Å². The minimum Gasteiger partial charge on any atom is -0.361 e. The summed E-state index contributed by atoms with van der Waals surface area (Å²) in [5, 5.41) is 6.12. The van der Waals surface area contributed by atoms with E-state index >= 15 is 0 Å². The van der Waals surface area contributed by atoms with Gasteiger partial charge in [-0.05, 0) is 19.1 Å². The zero-order valence-electron chi connectivity index (χ0n) is 13.6. The Labute approximate surface area is 145 Å². The lowest BCUT2D eigenvalue weighted by Gasteiger charge is -2.40. The molecule has 0 unspecified atom stereocenters. The van der Waals surface area contributed by atoms with Gasteiger partial charge in [-0.15, -0.1) is 23.1 Å². The number of hydrogen-bond acceptors (Lipinski definition) is 5. The van der Waals surface area contributed by atoms with Gasteiger partial charge in [-0.25, -0.2) is 4.98 Å². The van der Waals surface area contributed by atoms with E-state index in [1.165, 1.54) is 10.6 Å². The molecule has 0 saturated heterocycles. The van der Waals surface area contributed by atoms with E-state index in [-0.39, 0.29) is 5.91 Å². The Morgan fingerprint density at radius 3 is 2.91 bits per heavy atom. The molecule has 1 aliphatic rings. The van der Waals surface area contributed by atoms with Gasteiger partial charge >= 0.3 is 0 Å². The van der Waals surface area contributed by atoms with Crippen molar-refractivity contribution in [3.05, 3.63) is 40.3 Å². The predicted octanol–water partition coefficient (Wildman–Crippen LogP) is 3.32. The van der Waals surface area contributed by atoms with Gasteiger partial charge in [0, 0.05) is 28.6 Å². The third-order valence-corrected chi connectivity index (χ3v) is 6.44. The third kappa shape index (κ3) is 3.53. The standard InChI is InChI=1S/C17H21N3OS2/c1-11-12(2)23-15-7-5-4-6-14(15)20(11)9-13-10-22-17(19-13)8-16(21)18-3/h4-7,10-12H,8-9H2,1-3H3,(H,18,21)/t11-,12+/m1/s1. The van der Waals surface area contributed by atoms with E-state index in [0.717, 1.165) is 17.2 Å². The van der Waals surface area contributed by atoms with Crippen LogP contribution in [0.25, 0.3) is 0 Å². The maximum absolute atomic E-state index is 11.5. The Bertz CT molecular complexity index is 701. The van der Waals surface area contributed by atoms with Gasteiger partial charge in [-0.2, -0.15) is 0 Å². The fraction of sp³-hybridized carbons (Fsp3) is 0.412. The van der Waals surface area contributed by atoms with Crippen molar-refractivity contribution in [3.63, 3.8) is 0 Å². The van der Waals surface area contributed by atoms with Crippen molar-refractivity contribution >= 4 is 34.7 Å². The number of nitrogens with one attached hydrogen (secondary N) is 1. The highest BCUT2D eigenvalue weighted by atomic mass is 32.2. The van der Waals surface area contributed by atoms with Crippen LogP contribution in [0.2, 0.25) is 0 Å². The van der Waals surface area contributed by atoms with E-state index in [4.69, 9.17) is 0 Å². The number of amides is 1. The number of likely N-dealkylation sites (N-methyl/N-ethyl adjacent to an activating group) is 1. The summed E-state index contributed by atoms with van der Waals surface area (Å²) in [4.78, 5) is 19.9. The molecule has 3 rings (SSSR count). The van der Waals surface area contributed by atoms with Crippen LogP contribution in [0.1, 0.15) is 24.5 Å². The second-order valence-electron chi connectivity index (χ2n) is 5.74. The average Bonchev–Trinajstić information content (AvgIpc) is 2.98. The predicted molar refractivity (Wildman–Crippen MR) is 97.3 cm³/mol. The number of fused-ring (bicyclic) bond motifs is 1. The molecule has 2 aromatic rings. The van der Waals surface area contributed by atoms with Gasteiger partial charge in [0.2, 0.25) is 5.91 Å². The van der Waals surface area contributed by atoms with Crippen LogP contribution in [0.5, 0.6) is 0 Å². The lowest BCUT2D eigenvalue weighted by atomic mass is 10.1. The monoisotopic (exact) mass is 347 g/mol. The number of nitrogens with zero attached hydrogens (tertiary/aromatic N) is 2. The number of hydrogen-bond donors (Lipinski definition) is 1. The van der Waals surface area contributed by atoms with E-state index in [9.17, 15) is 4.79 Å². The molecule has 0 radical (unpaired) electrons. The zero-order chi connectivity index (χ0) is 16.4. The molecular formula is C17H21N3OS2. The van der Waals surface area contributed by atoms with Gasteiger partial charge in [0.1, 0.15) is 5.01 Å². The van der Waals surface area contributed by atoms with Gasteiger partial charge in [-0.1, -0.05) is 19.1 Å². The number of carbonyl (C=O) groups excluding carboxylic acids is 1.